The lowest BCUT2D eigenvalue weighted by atomic mass is 10.2. The Bertz CT molecular complexity index is 504. The van der Waals surface area contributed by atoms with Crippen LogP contribution in [0.2, 0.25) is 0 Å². The Morgan fingerprint density at radius 1 is 1.40 bits per heavy atom. The van der Waals surface area contributed by atoms with Crippen molar-refractivity contribution in [2.24, 2.45) is 0 Å². The molecular formula is C11H10BrNO2. The van der Waals surface area contributed by atoms with E-state index in [1.807, 2.05) is 35.0 Å². The topological polar surface area (TPSA) is 42.2 Å². The number of carbonyl (C=O) groups is 1. The molecule has 0 radical (unpaired) electrons. The summed E-state index contributed by atoms with van der Waals surface area (Å²) in [5.74, 6) is -0.774. The highest BCUT2D eigenvalue weighted by Crippen LogP contribution is 2.24. The van der Waals surface area contributed by atoms with Gasteiger partial charge in [0.15, 0.2) is 0 Å². The standard InChI is InChI=1S/C11H10BrNO2/c12-9-3-1-2-8-4-6-13(11(8)9)7-5-10(14)15/h1-4,6H,5,7H2,(H,14,15). The summed E-state index contributed by atoms with van der Waals surface area (Å²) in [6.07, 6.45) is 2.06. The van der Waals surface area contributed by atoms with Crippen molar-refractivity contribution in [1.82, 2.24) is 4.57 Å². The number of benzene rings is 1. The molecule has 1 heterocycles. The summed E-state index contributed by atoms with van der Waals surface area (Å²) in [6, 6.07) is 7.92. The maximum Gasteiger partial charge on any atom is 0.305 e. The first-order chi connectivity index (χ1) is 7.18. The van der Waals surface area contributed by atoms with Crippen molar-refractivity contribution in [2.45, 2.75) is 13.0 Å². The van der Waals surface area contributed by atoms with Crippen LogP contribution in [0.1, 0.15) is 6.42 Å². The number of rotatable bonds is 3. The molecule has 0 unspecified atom stereocenters. The highest BCUT2D eigenvalue weighted by atomic mass is 79.9. The summed E-state index contributed by atoms with van der Waals surface area (Å²) in [5, 5.41) is 9.75. The van der Waals surface area contributed by atoms with E-state index in [0.29, 0.717) is 6.54 Å². The number of para-hydroxylation sites is 1. The van der Waals surface area contributed by atoms with E-state index < -0.39 is 5.97 Å². The number of aryl methyl sites for hydroxylation is 1. The van der Waals surface area contributed by atoms with Crippen molar-refractivity contribution in [2.75, 3.05) is 0 Å². The van der Waals surface area contributed by atoms with Crippen LogP contribution in [0.15, 0.2) is 34.9 Å². The number of hydrogen-bond donors (Lipinski definition) is 1. The maximum absolute atomic E-state index is 10.5. The highest BCUT2D eigenvalue weighted by Gasteiger charge is 2.05. The van der Waals surface area contributed by atoms with Crippen LogP contribution in [0.5, 0.6) is 0 Å². The monoisotopic (exact) mass is 267 g/mol. The van der Waals surface area contributed by atoms with Crippen molar-refractivity contribution in [3.8, 4) is 0 Å². The molecule has 78 valence electrons. The Morgan fingerprint density at radius 2 is 2.20 bits per heavy atom. The second-order valence-corrected chi connectivity index (χ2v) is 4.18. The van der Waals surface area contributed by atoms with Crippen LogP contribution in [-0.2, 0) is 11.3 Å². The van der Waals surface area contributed by atoms with Gasteiger partial charge >= 0.3 is 5.97 Å². The predicted octanol–water partition coefficient (Wildman–Crippen LogP) is 2.88. The summed E-state index contributed by atoms with van der Waals surface area (Å²) in [5.41, 5.74) is 1.05. The molecule has 0 aliphatic rings. The first-order valence-electron chi connectivity index (χ1n) is 4.63. The summed E-state index contributed by atoms with van der Waals surface area (Å²) in [7, 11) is 0. The minimum atomic E-state index is -0.774. The second kappa shape index (κ2) is 4.06. The van der Waals surface area contributed by atoms with E-state index in [0.717, 1.165) is 15.4 Å². The molecule has 0 aliphatic heterocycles. The molecule has 0 amide bonds. The molecule has 0 saturated heterocycles. The molecule has 15 heavy (non-hydrogen) atoms. The van der Waals surface area contributed by atoms with E-state index in [2.05, 4.69) is 15.9 Å². The van der Waals surface area contributed by atoms with E-state index in [9.17, 15) is 4.79 Å². The Labute approximate surface area is 95.5 Å². The Morgan fingerprint density at radius 3 is 2.93 bits per heavy atom. The minimum Gasteiger partial charge on any atom is -0.481 e. The smallest absolute Gasteiger partial charge is 0.305 e. The number of aliphatic carboxylic acids is 1. The molecule has 3 nitrogen and oxygen atoms in total. The zero-order chi connectivity index (χ0) is 10.8. The summed E-state index contributed by atoms with van der Waals surface area (Å²) in [4.78, 5) is 10.5. The number of carboxylic acid groups (broad SMARTS) is 1. The van der Waals surface area contributed by atoms with Crippen LogP contribution in [-0.4, -0.2) is 15.6 Å². The summed E-state index contributed by atoms with van der Waals surface area (Å²) < 4.78 is 2.95. The lowest BCUT2D eigenvalue weighted by Gasteiger charge is -2.04. The zero-order valence-corrected chi connectivity index (χ0v) is 9.57. The second-order valence-electron chi connectivity index (χ2n) is 3.33. The first kappa shape index (κ1) is 10.2. The highest BCUT2D eigenvalue weighted by molar-refractivity contribution is 9.10. The van der Waals surface area contributed by atoms with Gasteiger partial charge in [0.1, 0.15) is 0 Å². The van der Waals surface area contributed by atoms with Crippen LogP contribution >= 0.6 is 15.9 Å². The van der Waals surface area contributed by atoms with Gasteiger partial charge in [-0.05, 0) is 28.1 Å². The quantitative estimate of drug-likeness (QED) is 0.930. The number of nitrogens with zero attached hydrogens (tertiary/aromatic N) is 1. The Balaban J connectivity index is 2.39. The Hall–Kier alpha value is -1.29. The summed E-state index contributed by atoms with van der Waals surface area (Å²) >= 11 is 3.47. The lowest BCUT2D eigenvalue weighted by molar-refractivity contribution is -0.137. The third kappa shape index (κ3) is 2.04. The van der Waals surface area contributed by atoms with Crippen LogP contribution in [0.25, 0.3) is 10.9 Å². The fraction of sp³-hybridized carbons (Fsp3) is 0.182. The average molecular weight is 268 g/mol. The van der Waals surface area contributed by atoms with Crippen molar-refractivity contribution in [3.05, 3.63) is 34.9 Å². The van der Waals surface area contributed by atoms with E-state index >= 15 is 0 Å². The van der Waals surface area contributed by atoms with Crippen molar-refractivity contribution in [3.63, 3.8) is 0 Å². The Kier molecular flexibility index (Phi) is 2.77. The maximum atomic E-state index is 10.5. The fourth-order valence-electron chi connectivity index (χ4n) is 1.62. The average Bonchev–Trinajstić information content (AvgIpc) is 2.59. The molecule has 1 N–H and O–H groups in total. The van der Waals surface area contributed by atoms with Gasteiger partial charge < -0.3 is 9.67 Å². The molecule has 2 rings (SSSR count). The van der Waals surface area contributed by atoms with Gasteiger partial charge in [0.25, 0.3) is 0 Å². The number of carboxylic acids is 1. The number of halogens is 1. The number of fused-ring (bicyclic) bond motifs is 1. The molecule has 2 aromatic rings. The molecule has 0 aliphatic carbocycles. The van der Waals surface area contributed by atoms with Crippen LogP contribution in [0.3, 0.4) is 0 Å². The van der Waals surface area contributed by atoms with Gasteiger partial charge in [-0.25, -0.2) is 0 Å². The predicted molar refractivity (Wildman–Crippen MR) is 61.9 cm³/mol. The molecular weight excluding hydrogens is 258 g/mol. The number of hydrogen-bond acceptors (Lipinski definition) is 1. The van der Waals surface area contributed by atoms with E-state index in [1.54, 1.807) is 0 Å². The molecule has 0 fully saturated rings. The summed E-state index contributed by atoms with van der Waals surface area (Å²) in [6.45, 7) is 0.501. The molecule has 1 aromatic carbocycles. The lowest BCUT2D eigenvalue weighted by Crippen LogP contribution is -2.03. The normalized spacial score (nSPS) is 10.7. The van der Waals surface area contributed by atoms with Gasteiger partial charge in [-0.1, -0.05) is 12.1 Å². The van der Waals surface area contributed by atoms with Gasteiger partial charge in [-0.2, -0.15) is 0 Å². The number of aromatic nitrogens is 1. The van der Waals surface area contributed by atoms with Crippen molar-refractivity contribution >= 4 is 32.8 Å². The fourth-order valence-corrected chi connectivity index (χ4v) is 2.23. The van der Waals surface area contributed by atoms with E-state index in [-0.39, 0.29) is 6.42 Å². The van der Waals surface area contributed by atoms with E-state index in [1.165, 1.54) is 0 Å². The van der Waals surface area contributed by atoms with E-state index in [4.69, 9.17) is 5.11 Å². The SMILES string of the molecule is O=C(O)CCn1ccc2cccc(Br)c21. The van der Waals surface area contributed by atoms with Gasteiger partial charge in [-0.15, -0.1) is 0 Å². The molecule has 4 heteroatoms. The van der Waals surface area contributed by atoms with Crippen LogP contribution in [0, 0.1) is 0 Å². The molecule has 1 aromatic heterocycles. The van der Waals surface area contributed by atoms with Gasteiger partial charge in [0, 0.05) is 22.6 Å². The van der Waals surface area contributed by atoms with Gasteiger partial charge in [0.2, 0.25) is 0 Å². The molecule has 0 bridgehead atoms. The minimum absolute atomic E-state index is 0.144. The van der Waals surface area contributed by atoms with Gasteiger partial charge in [-0.3, -0.25) is 4.79 Å². The van der Waals surface area contributed by atoms with Crippen LogP contribution < -0.4 is 0 Å². The van der Waals surface area contributed by atoms with Crippen molar-refractivity contribution in [1.29, 1.82) is 0 Å². The first-order valence-corrected chi connectivity index (χ1v) is 5.43. The largest absolute Gasteiger partial charge is 0.481 e. The molecule has 0 spiro atoms. The molecule has 0 saturated carbocycles. The molecule has 0 atom stereocenters. The third-order valence-corrected chi connectivity index (χ3v) is 2.95. The van der Waals surface area contributed by atoms with Crippen LogP contribution in [0.4, 0.5) is 0 Å². The zero-order valence-electron chi connectivity index (χ0n) is 7.98. The van der Waals surface area contributed by atoms with Crippen molar-refractivity contribution < 1.29 is 9.90 Å². The van der Waals surface area contributed by atoms with Gasteiger partial charge in [0.05, 0.1) is 11.9 Å². The third-order valence-electron chi connectivity index (χ3n) is 2.31.